The Morgan fingerprint density at radius 3 is 2.84 bits per heavy atom. The molecule has 1 heterocycles. The third-order valence-corrected chi connectivity index (χ3v) is 3.09. The standard InChI is InChI=1S/C13H11ClN2O3/c1-8-5-16(15-12(8)7-17)6-10-4-9(13(18)19)2-3-11(10)14/h2-5,7H,6H2,1H3,(H,18,19). The number of hydrogen-bond donors (Lipinski definition) is 1. The van der Waals surface area contributed by atoms with Gasteiger partial charge in [-0.3, -0.25) is 9.48 Å². The number of rotatable bonds is 4. The number of aromatic nitrogens is 2. The largest absolute Gasteiger partial charge is 0.478 e. The van der Waals surface area contributed by atoms with Crippen LogP contribution in [0.15, 0.2) is 24.4 Å². The molecule has 6 heteroatoms. The van der Waals surface area contributed by atoms with Crippen LogP contribution in [0.4, 0.5) is 0 Å². The van der Waals surface area contributed by atoms with Crippen LogP contribution in [-0.2, 0) is 6.54 Å². The molecule has 0 aliphatic heterocycles. The molecule has 0 fully saturated rings. The van der Waals surface area contributed by atoms with Crippen molar-refractivity contribution in [2.45, 2.75) is 13.5 Å². The van der Waals surface area contributed by atoms with E-state index in [9.17, 15) is 9.59 Å². The predicted molar refractivity (Wildman–Crippen MR) is 69.9 cm³/mol. The summed E-state index contributed by atoms with van der Waals surface area (Å²) in [5.41, 5.74) is 1.94. The summed E-state index contributed by atoms with van der Waals surface area (Å²) in [7, 11) is 0. The molecule has 2 rings (SSSR count). The molecule has 0 saturated heterocycles. The fourth-order valence-corrected chi connectivity index (χ4v) is 1.91. The third-order valence-electron chi connectivity index (χ3n) is 2.72. The number of carbonyl (C=O) groups is 2. The Bertz CT molecular complexity index is 649. The van der Waals surface area contributed by atoms with Crippen LogP contribution in [-0.4, -0.2) is 27.1 Å². The van der Waals surface area contributed by atoms with Gasteiger partial charge in [-0.2, -0.15) is 5.10 Å². The van der Waals surface area contributed by atoms with Gasteiger partial charge in [0, 0.05) is 11.2 Å². The monoisotopic (exact) mass is 278 g/mol. The van der Waals surface area contributed by atoms with Gasteiger partial charge >= 0.3 is 5.97 Å². The van der Waals surface area contributed by atoms with Gasteiger partial charge in [0.25, 0.3) is 0 Å². The van der Waals surface area contributed by atoms with Gasteiger partial charge in [0.15, 0.2) is 6.29 Å². The summed E-state index contributed by atoms with van der Waals surface area (Å²) >= 11 is 6.03. The molecule has 1 aromatic carbocycles. The molecular weight excluding hydrogens is 268 g/mol. The molecule has 1 N–H and O–H groups in total. The highest BCUT2D eigenvalue weighted by molar-refractivity contribution is 6.31. The molecular formula is C13H11ClN2O3. The van der Waals surface area contributed by atoms with Crippen LogP contribution >= 0.6 is 11.6 Å². The van der Waals surface area contributed by atoms with E-state index in [2.05, 4.69) is 5.10 Å². The minimum absolute atomic E-state index is 0.166. The highest BCUT2D eigenvalue weighted by atomic mass is 35.5. The predicted octanol–water partition coefficient (Wildman–Crippen LogP) is 2.40. The molecule has 19 heavy (non-hydrogen) atoms. The number of aldehydes is 1. The molecule has 0 bridgehead atoms. The lowest BCUT2D eigenvalue weighted by atomic mass is 10.1. The fourth-order valence-electron chi connectivity index (χ4n) is 1.74. The van der Waals surface area contributed by atoms with Crippen LogP contribution in [0.5, 0.6) is 0 Å². The van der Waals surface area contributed by atoms with E-state index in [1.54, 1.807) is 17.8 Å². The van der Waals surface area contributed by atoms with Gasteiger partial charge in [-0.05, 0) is 36.2 Å². The Morgan fingerprint density at radius 2 is 2.26 bits per heavy atom. The van der Waals surface area contributed by atoms with Gasteiger partial charge in [0.2, 0.25) is 0 Å². The normalized spacial score (nSPS) is 10.4. The lowest BCUT2D eigenvalue weighted by molar-refractivity contribution is 0.0696. The summed E-state index contributed by atoms with van der Waals surface area (Å²) in [5.74, 6) is -1.01. The van der Waals surface area contributed by atoms with E-state index in [0.717, 1.165) is 5.56 Å². The van der Waals surface area contributed by atoms with Gasteiger partial charge in [0.05, 0.1) is 12.1 Å². The van der Waals surface area contributed by atoms with Crippen molar-refractivity contribution in [3.8, 4) is 0 Å². The number of benzene rings is 1. The number of aryl methyl sites for hydroxylation is 1. The SMILES string of the molecule is Cc1cn(Cc2cc(C(=O)O)ccc2Cl)nc1C=O. The van der Waals surface area contributed by atoms with Crippen molar-refractivity contribution in [2.24, 2.45) is 0 Å². The van der Waals surface area contributed by atoms with Crippen LogP contribution in [0.3, 0.4) is 0 Å². The first-order valence-electron chi connectivity index (χ1n) is 5.52. The van der Waals surface area contributed by atoms with E-state index in [1.807, 2.05) is 0 Å². The van der Waals surface area contributed by atoms with E-state index in [4.69, 9.17) is 16.7 Å². The first-order chi connectivity index (χ1) is 9.01. The molecule has 1 aromatic heterocycles. The van der Waals surface area contributed by atoms with Gasteiger partial charge in [0.1, 0.15) is 5.69 Å². The Labute approximate surface area is 114 Å². The maximum Gasteiger partial charge on any atom is 0.335 e. The highest BCUT2D eigenvalue weighted by Gasteiger charge is 2.10. The van der Waals surface area contributed by atoms with Crippen molar-refractivity contribution < 1.29 is 14.7 Å². The number of carboxylic acid groups (broad SMARTS) is 1. The Morgan fingerprint density at radius 1 is 1.53 bits per heavy atom. The summed E-state index contributed by atoms with van der Waals surface area (Å²) < 4.78 is 1.56. The molecule has 0 amide bonds. The number of aromatic carboxylic acids is 1. The summed E-state index contributed by atoms with van der Waals surface area (Å²) in [6, 6.07) is 4.49. The summed E-state index contributed by atoms with van der Waals surface area (Å²) in [6.45, 7) is 2.09. The molecule has 0 atom stereocenters. The van der Waals surface area contributed by atoms with Crippen LogP contribution < -0.4 is 0 Å². The zero-order valence-electron chi connectivity index (χ0n) is 10.1. The van der Waals surface area contributed by atoms with Crippen LogP contribution in [0.25, 0.3) is 0 Å². The minimum atomic E-state index is -1.01. The summed E-state index contributed by atoms with van der Waals surface area (Å²) in [4.78, 5) is 21.6. The maximum absolute atomic E-state index is 10.9. The Kier molecular flexibility index (Phi) is 3.66. The average molecular weight is 279 g/mol. The average Bonchev–Trinajstić information content (AvgIpc) is 2.72. The number of hydrogen-bond acceptors (Lipinski definition) is 3. The maximum atomic E-state index is 10.9. The van der Waals surface area contributed by atoms with Gasteiger partial charge in [-0.25, -0.2) is 4.79 Å². The van der Waals surface area contributed by atoms with E-state index in [0.29, 0.717) is 29.1 Å². The second kappa shape index (κ2) is 5.24. The van der Waals surface area contributed by atoms with Crippen molar-refractivity contribution in [2.75, 3.05) is 0 Å². The molecule has 0 saturated carbocycles. The first kappa shape index (κ1) is 13.3. The number of carbonyl (C=O) groups excluding carboxylic acids is 1. The smallest absolute Gasteiger partial charge is 0.335 e. The summed E-state index contributed by atoms with van der Waals surface area (Å²) in [6.07, 6.45) is 2.40. The molecule has 0 unspecified atom stereocenters. The Balaban J connectivity index is 2.34. The molecule has 0 aliphatic carbocycles. The van der Waals surface area contributed by atoms with Gasteiger partial charge < -0.3 is 5.11 Å². The second-order valence-electron chi connectivity index (χ2n) is 4.12. The van der Waals surface area contributed by atoms with Crippen molar-refractivity contribution >= 4 is 23.9 Å². The summed E-state index contributed by atoms with van der Waals surface area (Å²) in [5, 5.41) is 13.5. The van der Waals surface area contributed by atoms with E-state index in [-0.39, 0.29) is 5.56 Å². The topological polar surface area (TPSA) is 72.2 Å². The van der Waals surface area contributed by atoms with E-state index >= 15 is 0 Å². The minimum Gasteiger partial charge on any atom is -0.478 e. The Hall–Kier alpha value is -2.14. The van der Waals surface area contributed by atoms with Crippen LogP contribution in [0.2, 0.25) is 5.02 Å². The zero-order valence-corrected chi connectivity index (χ0v) is 10.9. The highest BCUT2D eigenvalue weighted by Crippen LogP contribution is 2.19. The molecule has 0 radical (unpaired) electrons. The van der Waals surface area contributed by atoms with Gasteiger partial charge in [-0.15, -0.1) is 0 Å². The van der Waals surface area contributed by atoms with Crippen molar-refractivity contribution in [1.82, 2.24) is 9.78 Å². The van der Waals surface area contributed by atoms with Crippen molar-refractivity contribution in [3.63, 3.8) is 0 Å². The fraction of sp³-hybridized carbons (Fsp3) is 0.154. The molecule has 5 nitrogen and oxygen atoms in total. The molecule has 98 valence electrons. The second-order valence-corrected chi connectivity index (χ2v) is 4.53. The van der Waals surface area contributed by atoms with Crippen molar-refractivity contribution in [1.29, 1.82) is 0 Å². The van der Waals surface area contributed by atoms with Crippen molar-refractivity contribution in [3.05, 3.63) is 51.8 Å². The zero-order chi connectivity index (χ0) is 14.0. The molecule has 0 spiro atoms. The van der Waals surface area contributed by atoms with E-state index in [1.165, 1.54) is 18.2 Å². The quantitative estimate of drug-likeness (QED) is 0.872. The number of nitrogens with zero attached hydrogens (tertiary/aromatic N) is 2. The molecule has 2 aromatic rings. The van der Waals surface area contributed by atoms with Gasteiger partial charge in [-0.1, -0.05) is 11.6 Å². The molecule has 0 aliphatic rings. The third kappa shape index (κ3) is 2.82. The first-order valence-corrected chi connectivity index (χ1v) is 5.90. The van der Waals surface area contributed by atoms with Crippen LogP contribution in [0, 0.1) is 6.92 Å². The number of halogens is 1. The lowest BCUT2D eigenvalue weighted by Gasteiger charge is -2.06. The van der Waals surface area contributed by atoms with E-state index < -0.39 is 5.97 Å². The van der Waals surface area contributed by atoms with Crippen LogP contribution in [0.1, 0.15) is 32.0 Å². The number of carboxylic acids is 1. The lowest BCUT2D eigenvalue weighted by Crippen LogP contribution is -2.04.